The lowest BCUT2D eigenvalue weighted by atomic mass is 9.91. The third kappa shape index (κ3) is 4.90. The zero-order valence-electron chi connectivity index (χ0n) is 17.0. The molecule has 0 spiro atoms. The molecule has 0 saturated carbocycles. The highest BCUT2D eigenvalue weighted by Gasteiger charge is 2.31. The van der Waals surface area contributed by atoms with Crippen LogP contribution >= 0.6 is 11.6 Å². The fraction of sp³-hybridized carbons (Fsp3) is 0.318. The number of H-pyrrole nitrogens is 1. The molecule has 0 atom stereocenters. The summed E-state index contributed by atoms with van der Waals surface area (Å²) in [6, 6.07) is 6.05. The fourth-order valence-corrected chi connectivity index (χ4v) is 3.51. The van der Waals surface area contributed by atoms with Gasteiger partial charge in [-0.3, -0.25) is 9.59 Å². The van der Waals surface area contributed by atoms with Gasteiger partial charge in [-0.05, 0) is 47.9 Å². The van der Waals surface area contributed by atoms with Crippen LogP contribution in [0.25, 0.3) is 22.2 Å². The number of carboxylic acid groups (broad SMARTS) is 1. The van der Waals surface area contributed by atoms with Gasteiger partial charge in [-0.25, -0.2) is 4.98 Å². The van der Waals surface area contributed by atoms with E-state index in [2.05, 4.69) is 9.97 Å². The molecule has 0 aliphatic rings. The van der Waals surface area contributed by atoms with Crippen molar-refractivity contribution in [3.63, 3.8) is 0 Å². The summed E-state index contributed by atoms with van der Waals surface area (Å²) >= 11 is 6.18. The topological polar surface area (TPSA) is 83.0 Å². The van der Waals surface area contributed by atoms with E-state index in [0.29, 0.717) is 22.2 Å². The average Bonchev–Trinajstić information content (AvgIpc) is 2.63. The molecule has 9 heteroatoms. The lowest BCUT2D eigenvalue weighted by Crippen LogP contribution is -2.26. The van der Waals surface area contributed by atoms with Crippen molar-refractivity contribution in [1.29, 1.82) is 0 Å². The molecule has 0 unspecified atom stereocenters. The van der Waals surface area contributed by atoms with E-state index in [1.807, 2.05) is 20.8 Å². The Balaban J connectivity index is 2.30. The molecule has 0 fully saturated rings. The maximum absolute atomic E-state index is 13.2. The summed E-state index contributed by atoms with van der Waals surface area (Å²) in [7, 11) is 0. The minimum Gasteiger partial charge on any atom is -0.481 e. The van der Waals surface area contributed by atoms with Crippen LogP contribution in [0.1, 0.15) is 44.0 Å². The predicted octanol–water partition coefficient (Wildman–Crippen LogP) is 5.58. The van der Waals surface area contributed by atoms with Crippen LogP contribution in [0.15, 0.2) is 35.1 Å². The highest BCUT2D eigenvalue weighted by molar-refractivity contribution is 6.33. The summed E-state index contributed by atoms with van der Waals surface area (Å²) in [6.07, 6.45) is -4.68. The number of aromatic amines is 1. The maximum atomic E-state index is 13.2. The smallest absolute Gasteiger partial charge is 0.416 e. The number of nitrogens with one attached hydrogen (secondary N) is 1. The summed E-state index contributed by atoms with van der Waals surface area (Å²) in [5.74, 6) is -1.03. The Kier molecular flexibility index (Phi) is 5.88. The molecule has 2 aromatic carbocycles. The number of halogens is 4. The van der Waals surface area contributed by atoms with Crippen LogP contribution in [-0.2, 0) is 22.8 Å². The zero-order chi connectivity index (χ0) is 23.1. The van der Waals surface area contributed by atoms with Crippen molar-refractivity contribution in [2.24, 2.45) is 0 Å². The molecule has 0 amide bonds. The van der Waals surface area contributed by atoms with Crippen molar-refractivity contribution in [3.05, 3.63) is 62.5 Å². The largest absolute Gasteiger partial charge is 0.481 e. The molecule has 1 aromatic heterocycles. The van der Waals surface area contributed by atoms with E-state index >= 15 is 0 Å². The van der Waals surface area contributed by atoms with Gasteiger partial charge in [0.05, 0.1) is 16.6 Å². The van der Waals surface area contributed by atoms with Crippen LogP contribution in [0.2, 0.25) is 5.02 Å². The number of rotatable bonds is 4. The minimum absolute atomic E-state index is 0.0822. The number of nitrogens with zero attached hydrogens (tertiary/aromatic N) is 1. The average molecular weight is 453 g/mol. The first-order valence-corrected chi connectivity index (χ1v) is 9.81. The van der Waals surface area contributed by atoms with E-state index in [9.17, 15) is 22.8 Å². The second-order valence-electron chi connectivity index (χ2n) is 8.28. The number of aliphatic carboxylic acids is 1. The van der Waals surface area contributed by atoms with Gasteiger partial charge in [-0.15, -0.1) is 0 Å². The van der Waals surface area contributed by atoms with Gasteiger partial charge in [0.15, 0.2) is 0 Å². The third-order valence-electron chi connectivity index (χ3n) is 4.80. The molecule has 164 valence electrons. The summed E-state index contributed by atoms with van der Waals surface area (Å²) < 4.78 is 39.6. The first-order chi connectivity index (χ1) is 14.3. The molecular formula is C22H20ClF3N2O3. The Morgan fingerprint density at radius 2 is 1.84 bits per heavy atom. The van der Waals surface area contributed by atoms with Crippen molar-refractivity contribution >= 4 is 28.6 Å². The Hall–Kier alpha value is -2.87. The fourth-order valence-electron chi connectivity index (χ4n) is 3.28. The first-order valence-electron chi connectivity index (χ1n) is 9.43. The van der Waals surface area contributed by atoms with E-state index in [0.717, 1.165) is 18.2 Å². The van der Waals surface area contributed by atoms with E-state index in [1.165, 1.54) is 6.07 Å². The summed E-state index contributed by atoms with van der Waals surface area (Å²) in [6.45, 7) is 5.47. The number of alkyl halides is 3. The molecule has 0 bridgehead atoms. The summed E-state index contributed by atoms with van der Waals surface area (Å²) in [4.78, 5) is 30.9. The molecule has 0 saturated heterocycles. The van der Waals surface area contributed by atoms with Gasteiger partial charge in [0.25, 0.3) is 5.56 Å². The van der Waals surface area contributed by atoms with Crippen molar-refractivity contribution in [1.82, 2.24) is 9.97 Å². The van der Waals surface area contributed by atoms with Crippen molar-refractivity contribution < 1.29 is 23.1 Å². The molecule has 0 radical (unpaired) electrons. The number of aryl methyl sites for hydroxylation is 1. The van der Waals surface area contributed by atoms with Crippen LogP contribution in [0.5, 0.6) is 0 Å². The lowest BCUT2D eigenvalue weighted by Gasteiger charge is -2.18. The molecule has 0 aliphatic carbocycles. The van der Waals surface area contributed by atoms with Crippen LogP contribution in [-0.4, -0.2) is 21.0 Å². The predicted molar refractivity (Wildman–Crippen MR) is 112 cm³/mol. The SMILES string of the molecule is CC(C)(C)c1nc2c(CCC(=O)O)cc(-c3cc(C(F)(F)F)ccc3Cl)cc2[nH]c1=O. The highest BCUT2D eigenvalue weighted by Crippen LogP contribution is 2.37. The van der Waals surface area contributed by atoms with Crippen LogP contribution in [0, 0.1) is 0 Å². The number of fused-ring (bicyclic) bond motifs is 1. The van der Waals surface area contributed by atoms with Gasteiger partial charge >= 0.3 is 12.1 Å². The van der Waals surface area contributed by atoms with E-state index < -0.39 is 28.7 Å². The second kappa shape index (κ2) is 8.00. The third-order valence-corrected chi connectivity index (χ3v) is 5.13. The number of benzene rings is 2. The van der Waals surface area contributed by atoms with Gasteiger partial charge in [0.1, 0.15) is 5.69 Å². The van der Waals surface area contributed by atoms with Crippen molar-refractivity contribution in [2.75, 3.05) is 0 Å². The Bertz CT molecular complexity index is 1230. The van der Waals surface area contributed by atoms with E-state index in [-0.39, 0.29) is 29.1 Å². The molecule has 31 heavy (non-hydrogen) atoms. The number of aromatic nitrogens is 2. The molecule has 0 aliphatic heterocycles. The minimum atomic E-state index is -4.56. The van der Waals surface area contributed by atoms with Gasteiger partial charge in [0, 0.05) is 22.4 Å². The number of carboxylic acids is 1. The quantitative estimate of drug-likeness (QED) is 0.541. The van der Waals surface area contributed by atoms with Gasteiger partial charge in [-0.2, -0.15) is 13.2 Å². The Labute approximate surface area is 180 Å². The van der Waals surface area contributed by atoms with Crippen molar-refractivity contribution in [3.8, 4) is 11.1 Å². The zero-order valence-corrected chi connectivity index (χ0v) is 17.8. The molecule has 3 rings (SSSR count). The Morgan fingerprint density at radius 1 is 1.16 bits per heavy atom. The molecule has 5 nitrogen and oxygen atoms in total. The van der Waals surface area contributed by atoms with Crippen LogP contribution in [0.3, 0.4) is 0 Å². The molecule has 1 heterocycles. The number of hydrogen-bond donors (Lipinski definition) is 2. The lowest BCUT2D eigenvalue weighted by molar-refractivity contribution is -0.138. The monoisotopic (exact) mass is 452 g/mol. The van der Waals surface area contributed by atoms with Gasteiger partial charge in [-0.1, -0.05) is 32.4 Å². The molecule has 2 N–H and O–H groups in total. The van der Waals surface area contributed by atoms with Gasteiger partial charge in [0.2, 0.25) is 0 Å². The molecular weight excluding hydrogens is 433 g/mol. The molecule has 3 aromatic rings. The first kappa shape index (κ1) is 22.8. The van der Waals surface area contributed by atoms with Crippen molar-refractivity contribution in [2.45, 2.75) is 45.2 Å². The van der Waals surface area contributed by atoms with Gasteiger partial charge < -0.3 is 10.1 Å². The van der Waals surface area contributed by atoms with Crippen LogP contribution in [0.4, 0.5) is 13.2 Å². The standard InChI is InChI=1S/C22H20ClF3N2O3/c1-21(2,3)19-20(31)27-16-9-12(8-11(18(16)28-19)4-7-17(29)30)14-10-13(22(24,25)26)5-6-15(14)23/h5-6,8-10H,4,7H2,1-3H3,(H,27,31)(H,29,30). The number of hydrogen-bond acceptors (Lipinski definition) is 3. The summed E-state index contributed by atoms with van der Waals surface area (Å²) in [5, 5.41) is 9.20. The van der Waals surface area contributed by atoms with Crippen LogP contribution < -0.4 is 5.56 Å². The maximum Gasteiger partial charge on any atom is 0.416 e. The number of carbonyl (C=O) groups is 1. The summed E-state index contributed by atoms with van der Waals surface area (Å²) in [5.41, 5.74) is 0.0638. The highest BCUT2D eigenvalue weighted by atomic mass is 35.5. The Morgan fingerprint density at radius 3 is 2.42 bits per heavy atom. The second-order valence-corrected chi connectivity index (χ2v) is 8.69. The normalized spacial score (nSPS) is 12.4. The van der Waals surface area contributed by atoms with E-state index in [1.54, 1.807) is 6.07 Å². The van der Waals surface area contributed by atoms with E-state index in [4.69, 9.17) is 16.7 Å².